The van der Waals surface area contributed by atoms with Crippen LogP contribution in [-0.2, 0) is 10.0 Å². The minimum atomic E-state index is -3.54. The molecule has 2 aliphatic rings. The standard InChI is InChI=1S/C21H23N3O3S2/c1-27-17-8-10-18(11-9-17)29(25,26)24-14-12-21(13-15-24)22-19(20(23-21)28-2)16-6-4-3-5-7-16/h3-11H,12-15H2,1-2H3. The predicted octanol–water partition coefficient (Wildman–Crippen LogP) is 3.44. The summed E-state index contributed by atoms with van der Waals surface area (Å²) in [7, 11) is -1.98. The number of hydrogen-bond donors (Lipinski definition) is 0. The third-order valence-electron chi connectivity index (χ3n) is 5.29. The summed E-state index contributed by atoms with van der Waals surface area (Å²) >= 11 is 1.59. The van der Waals surface area contributed by atoms with E-state index < -0.39 is 15.7 Å². The van der Waals surface area contributed by atoms with Crippen LogP contribution < -0.4 is 4.74 Å². The number of hydrogen-bond acceptors (Lipinski definition) is 6. The highest BCUT2D eigenvalue weighted by Crippen LogP contribution is 2.36. The molecular formula is C21H23N3O3S2. The number of sulfonamides is 1. The van der Waals surface area contributed by atoms with E-state index in [0.717, 1.165) is 16.3 Å². The number of nitrogens with zero attached hydrogens (tertiary/aromatic N) is 3. The summed E-state index contributed by atoms with van der Waals surface area (Å²) in [5.74, 6) is 0.634. The molecule has 0 radical (unpaired) electrons. The van der Waals surface area contributed by atoms with Gasteiger partial charge in [0, 0.05) is 31.5 Å². The molecule has 0 N–H and O–H groups in total. The fourth-order valence-corrected chi connectivity index (χ4v) is 5.71. The van der Waals surface area contributed by atoms with E-state index in [4.69, 9.17) is 14.7 Å². The molecule has 4 rings (SSSR count). The van der Waals surface area contributed by atoms with Crippen molar-refractivity contribution in [3.05, 3.63) is 60.2 Å². The van der Waals surface area contributed by atoms with E-state index in [1.165, 1.54) is 4.31 Å². The summed E-state index contributed by atoms with van der Waals surface area (Å²) in [5.41, 5.74) is 1.39. The first-order valence-corrected chi connectivity index (χ1v) is 12.1. The molecule has 2 aliphatic heterocycles. The van der Waals surface area contributed by atoms with Gasteiger partial charge in [-0.3, -0.25) is 4.99 Å². The molecule has 0 atom stereocenters. The van der Waals surface area contributed by atoms with Crippen molar-refractivity contribution < 1.29 is 13.2 Å². The highest BCUT2D eigenvalue weighted by Gasteiger charge is 2.42. The van der Waals surface area contributed by atoms with Crippen molar-refractivity contribution >= 4 is 32.5 Å². The van der Waals surface area contributed by atoms with Crippen LogP contribution >= 0.6 is 11.8 Å². The van der Waals surface area contributed by atoms with Gasteiger partial charge in [-0.25, -0.2) is 13.4 Å². The average molecular weight is 430 g/mol. The molecule has 0 aliphatic carbocycles. The van der Waals surface area contributed by atoms with Gasteiger partial charge in [-0.05, 0) is 30.5 Å². The van der Waals surface area contributed by atoms with E-state index in [1.54, 1.807) is 43.1 Å². The van der Waals surface area contributed by atoms with E-state index in [0.29, 0.717) is 31.7 Å². The van der Waals surface area contributed by atoms with E-state index in [1.807, 2.05) is 36.6 Å². The van der Waals surface area contributed by atoms with E-state index >= 15 is 0 Å². The van der Waals surface area contributed by atoms with Crippen LogP contribution in [0.5, 0.6) is 5.75 Å². The van der Waals surface area contributed by atoms with Gasteiger partial charge in [0.1, 0.15) is 10.8 Å². The van der Waals surface area contributed by atoms with Crippen molar-refractivity contribution in [1.29, 1.82) is 0 Å². The molecule has 0 saturated carbocycles. The van der Waals surface area contributed by atoms with Crippen molar-refractivity contribution in [2.75, 3.05) is 26.5 Å². The maximum absolute atomic E-state index is 13.0. The smallest absolute Gasteiger partial charge is 0.243 e. The molecule has 0 aromatic heterocycles. The fourth-order valence-electron chi connectivity index (χ4n) is 3.65. The van der Waals surface area contributed by atoms with Crippen molar-refractivity contribution in [1.82, 2.24) is 4.31 Å². The molecule has 8 heteroatoms. The van der Waals surface area contributed by atoms with Crippen LogP contribution in [0, 0.1) is 0 Å². The van der Waals surface area contributed by atoms with Gasteiger partial charge in [-0.2, -0.15) is 4.31 Å². The number of ether oxygens (including phenoxy) is 1. The lowest BCUT2D eigenvalue weighted by atomic mass is 10.00. The molecule has 2 heterocycles. The number of thioether (sulfide) groups is 1. The summed E-state index contributed by atoms with van der Waals surface area (Å²) in [5, 5.41) is 0.919. The number of benzene rings is 2. The van der Waals surface area contributed by atoms with Gasteiger partial charge in [0.25, 0.3) is 0 Å². The van der Waals surface area contributed by atoms with Gasteiger partial charge in [-0.15, -0.1) is 11.8 Å². The Hall–Kier alpha value is -2.16. The van der Waals surface area contributed by atoms with Crippen molar-refractivity contribution in [3.63, 3.8) is 0 Å². The molecule has 0 bridgehead atoms. The fraction of sp³-hybridized carbons (Fsp3) is 0.333. The number of piperidine rings is 1. The first-order chi connectivity index (χ1) is 14.0. The van der Waals surface area contributed by atoms with E-state index in [9.17, 15) is 8.42 Å². The minimum absolute atomic E-state index is 0.280. The highest BCUT2D eigenvalue weighted by molar-refractivity contribution is 8.15. The molecule has 2 aromatic rings. The Labute approximate surface area is 175 Å². The largest absolute Gasteiger partial charge is 0.497 e. The molecular weight excluding hydrogens is 406 g/mol. The van der Waals surface area contributed by atoms with Crippen LogP contribution in [0.1, 0.15) is 18.4 Å². The predicted molar refractivity (Wildman–Crippen MR) is 118 cm³/mol. The third-order valence-corrected chi connectivity index (χ3v) is 7.88. The Bertz CT molecular complexity index is 1040. The second kappa shape index (κ2) is 7.93. The molecule has 152 valence electrons. The molecule has 0 amide bonds. The SMILES string of the molecule is COc1ccc(S(=O)(=O)N2CCC3(CC2)N=C(SC)C(c2ccccc2)=N3)cc1. The second-order valence-corrected chi connectivity index (χ2v) is 9.74. The van der Waals surface area contributed by atoms with Crippen LogP contribution in [0.25, 0.3) is 0 Å². The lowest BCUT2D eigenvalue weighted by Gasteiger charge is -2.34. The Morgan fingerprint density at radius 1 is 1.00 bits per heavy atom. The molecule has 6 nitrogen and oxygen atoms in total. The zero-order chi connectivity index (χ0) is 20.5. The van der Waals surface area contributed by atoms with Gasteiger partial charge in [-0.1, -0.05) is 30.3 Å². The lowest BCUT2D eigenvalue weighted by Crippen LogP contribution is -2.44. The van der Waals surface area contributed by atoms with Gasteiger partial charge >= 0.3 is 0 Å². The average Bonchev–Trinajstić information content (AvgIpc) is 3.13. The van der Waals surface area contributed by atoms with Crippen LogP contribution in [-0.4, -0.2) is 55.6 Å². The first-order valence-electron chi connectivity index (χ1n) is 9.41. The van der Waals surface area contributed by atoms with Gasteiger partial charge in [0.15, 0.2) is 5.66 Å². The second-order valence-electron chi connectivity index (χ2n) is 7.01. The van der Waals surface area contributed by atoms with Crippen LogP contribution in [0.3, 0.4) is 0 Å². The minimum Gasteiger partial charge on any atom is -0.497 e. The van der Waals surface area contributed by atoms with Crippen molar-refractivity contribution in [2.45, 2.75) is 23.4 Å². The molecule has 1 saturated heterocycles. The number of aliphatic imine (C=N–C) groups is 2. The molecule has 29 heavy (non-hydrogen) atoms. The van der Waals surface area contributed by atoms with Crippen molar-refractivity contribution in [2.24, 2.45) is 9.98 Å². The summed E-state index contributed by atoms with van der Waals surface area (Å²) in [6.45, 7) is 0.788. The molecule has 1 spiro atoms. The summed E-state index contributed by atoms with van der Waals surface area (Å²) < 4.78 is 32.7. The van der Waals surface area contributed by atoms with Crippen LogP contribution in [0.4, 0.5) is 0 Å². The van der Waals surface area contributed by atoms with Crippen LogP contribution in [0.2, 0.25) is 0 Å². The zero-order valence-electron chi connectivity index (χ0n) is 16.4. The van der Waals surface area contributed by atoms with Gasteiger partial charge in [0.2, 0.25) is 10.0 Å². The maximum atomic E-state index is 13.0. The van der Waals surface area contributed by atoms with Gasteiger partial charge in [0.05, 0.1) is 17.7 Å². The summed E-state index contributed by atoms with van der Waals surface area (Å²) in [6.07, 6.45) is 3.14. The lowest BCUT2D eigenvalue weighted by molar-refractivity contribution is 0.249. The molecule has 1 fully saturated rings. The third kappa shape index (κ3) is 3.84. The summed E-state index contributed by atoms with van der Waals surface area (Å²) in [4.78, 5) is 10.2. The Morgan fingerprint density at radius 2 is 1.66 bits per heavy atom. The Morgan fingerprint density at radius 3 is 2.24 bits per heavy atom. The Kier molecular flexibility index (Phi) is 5.50. The van der Waals surface area contributed by atoms with Gasteiger partial charge < -0.3 is 4.74 Å². The Balaban J connectivity index is 1.54. The quantitative estimate of drug-likeness (QED) is 0.746. The molecule has 2 aromatic carbocycles. The van der Waals surface area contributed by atoms with E-state index in [-0.39, 0.29) is 4.90 Å². The highest BCUT2D eigenvalue weighted by atomic mass is 32.2. The number of rotatable bonds is 4. The van der Waals surface area contributed by atoms with Crippen molar-refractivity contribution in [3.8, 4) is 5.75 Å². The number of methoxy groups -OCH3 is 1. The topological polar surface area (TPSA) is 71.3 Å². The summed E-state index contributed by atoms with van der Waals surface area (Å²) in [6, 6.07) is 16.5. The van der Waals surface area contributed by atoms with Crippen LogP contribution in [0.15, 0.2) is 69.5 Å². The maximum Gasteiger partial charge on any atom is 0.243 e. The zero-order valence-corrected chi connectivity index (χ0v) is 18.0. The monoisotopic (exact) mass is 429 g/mol. The van der Waals surface area contributed by atoms with E-state index in [2.05, 4.69) is 0 Å². The first kappa shape index (κ1) is 20.1. The normalized spacial score (nSPS) is 19.1. The molecule has 0 unspecified atom stereocenters.